The molecule has 3 saturated carbocycles. The predicted octanol–water partition coefficient (Wildman–Crippen LogP) is 2.85. The summed E-state index contributed by atoms with van der Waals surface area (Å²) in [6.45, 7) is 3.91. The first-order chi connectivity index (χ1) is 5.62. The summed E-state index contributed by atoms with van der Waals surface area (Å²) in [7, 11) is 0. The Morgan fingerprint density at radius 2 is 2.00 bits per heavy atom. The summed E-state index contributed by atoms with van der Waals surface area (Å²) in [4.78, 5) is 0. The SMILES string of the molecule is C=C1[C@H]2C[C@H]3CC[C@@H]1[C@@H]2C3(F)F. The van der Waals surface area contributed by atoms with E-state index in [0.29, 0.717) is 6.42 Å². The molecular formula is C10H12F2. The Balaban J connectivity index is 2.05. The van der Waals surface area contributed by atoms with Crippen LogP contribution < -0.4 is 0 Å². The second-order valence-corrected chi connectivity index (χ2v) is 4.50. The average Bonchev–Trinajstić information content (AvgIpc) is 2.27. The highest BCUT2D eigenvalue weighted by molar-refractivity contribution is 5.29. The van der Waals surface area contributed by atoms with E-state index < -0.39 is 5.92 Å². The molecule has 12 heavy (non-hydrogen) atoms. The molecule has 66 valence electrons. The lowest BCUT2D eigenvalue weighted by atomic mass is 9.59. The molecule has 4 atom stereocenters. The highest BCUT2D eigenvalue weighted by Gasteiger charge is 2.68. The van der Waals surface area contributed by atoms with Gasteiger partial charge in [0.1, 0.15) is 0 Å². The van der Waals surface area contributed by atoms with Gasteiger partial charge < -0.3 is 0 Å². The molecule has 0 nitrogen and oxygen atoms in total. The van der Waals surface area contributed by atoms with Gasteiger partial charge in [-0.25, -0.2) is 8.78 Å². The Hall–Kier alpha value is -0.400. The van der Waals surface area contributed by atoms with Crippen LogP contribution in [-0.4, -0.2) is 5.92 Å². The normalized spacial score (nSPS) is 53.7. The van der Waals surface area contributed by atoms with E-state index in [2.05, 4.69) is 6.58 Å². The number of alkyl halides is 2. The van der Waals surface area contributed by atoms with Crippen molar-refractivity contribution in [3.8, 4) is 0 Å². The lowest BCUT2D eigenvalue weighted by Gasteiger charge is -2.47. The summed E-state index contributed by atoms with van der Waals surface area (Å²) in [6.07, 6.45) is 2.41. The fourth-order valence-electron chi connectivity index (χ4n) is 3.52. The van der Waals surface area contributed by atoms with Crippen molar-refractivity contribution in [2.45, 2.75) is 25.2 Å². The summed E-state index contributed by atoms with van der Waals surface area (Å²) in [5, 5.41) is 0. The Morgan fingerprint density at radius 3 is 2.75 bits per heavy atom. The smallest absolute Gasteiger partial charge is 0.206 e. The van der Waals surface area contributed by atoms with Crippen molar-refractivity contribution >= 4 is 0 Å². The van der Waals surface area contributed by atoms with Crippen molar-refractivity contribution < 1.29 is 8.78 Å². The summed E-state index contributed by atoms with van der Waals surface area (Å²) in [5.74, 6) is -2.64. The zero-order chi connectivity index (χ0) is 8.51. The fraction of sp³-hybridized carbons (Fsp3) is 0.800. The van der Waals surface area contributed by atoms with Crippen LogP contribution in [0.15, 0.2) is 12.2 Å². The van der Waals surface area contributed by atoms with Gasteiger partial charge in [-0.2, -0.15) is 0 Å². The molecule has 3 fully saturated rings. The van der Waals surface area contributed by atoms with Crippen LogP contribution in [0.5, 0.6) is 0 Å². The Bertz CT molecular complexity index is 249. The summed E-state index contributed by atoms with van der Waals surface area (Å²) >= 11 is 0. The molecule has 0 aromatic heterocycles. The van der Waals surface area contributed by atoms with E-state index in [4.69, 9.17) is 0 Å². The first kappa shape index (κ1) is 7.05. The Morgan fingerprint density at radius 1 is 1.25 bits per heavy atom. The van der Waals surface area contributed by atoms with Gasteiger partial charge in [-0.05, 0) is 31.1 Å². The van der Waals surface area contributed by atoms with Crippen LogP contribution in [0, 0.1) is 23.7 Å². The molecule has 0 saturated heterocycles. The zero-order valence-electron chi connectivity index (χ0n) is 6.89. The maximum atomic E-state index is 13.5. The monoisotopic (exact) mass is 170 g/mol. The highest BCUT2D eigenvalue weighted by atomic mass is 19.3. The topological polar surface area (TPSA) is 0 Å². The van der Waals surface area contributed by atoms with Crippen LogP contribution in [0.3, 0.4) is 0 Å². The molecule has 3 aliphatic rings. The highest BCUT2D eigenvalue weighted by Crippen LogP contribution is 2.68. The third-order valence-corrected chi connectivity index (χ3v) is 4.17. The maximum absolute atomic E-state index is 13.5. The number of allylic oxidation sites excluding steroid dienone is 1. The summed E-state index contributed by atoms with van der Waals surface area (Å²) in [5.41, 5.74) is 1.12. The molecule has 0 heterocycles. The molecule has 0 N–H and O–H groups in total. The quantitative estimate of drug-likeness (QED) is 0.490. The van der Waals surface area contributed by atoms with Crippen LogP contribution in [0.25, 0.3) is 0 Å². The number of hydrogen-bond donors (Lipinski definition) is 0. The van der Waals surface area contributed by atoms with Crippen LogP contribution in [-0.2, 0) is 0 Å². The molecule has 2 bridgehead atoms. The van der Waals surface area contributed by atoms with E-state index in [9.17, 15) is 8.78 Å². The van der Waals surface area contributed by atoms with E-state index in [1.165, 1.54) is 0 Å². The molecule has 3 rings (SSSR count). The lowest BCUT2D eigenvalue weighted by Crippen LogP contribution is -2.48. The van der Waals surface area contributed by atoms with Gasteiger partial charge in [-0.3, -0.25) is 0 Å². The van der Waals surface area contributed by atoms with Crippen molar-refractivity contribution in [1.29, 1.82) is 0 Å². The van der Waals surface area contributed by atoms with Crippen LogP contribution in [0.1, 0.15) is 19.3 Å². The number of halogens is 2. The van der Waals surface area contributed by atoms with Gasteiger partial charge >= 0.3 is 0 Å². The van der Waals surface area contributed by atoms with Gasteiger partial charge in [-0.1, -0.05) is 12.2 Å². The summed E-state index contributed by atoms with van der Waals surface area (Å²) in [6, 6.07) is 0. The van der Waals surface area contributed by atoms with E-state index in [1.807, 2.05) is 0 Å². The first-order valence-electron chi connectivity index (χ1n) is 4.69. The third-order valence-electron chi connectivity index (χ3n) is 4.17. The molecule has 0 spiro atoms. The maximum Gasteiger partial charge on any atom is 0.254 e. The minimum Gasteiger partial charge on any atom is -0.206 e. The molecule has 3 aliphatic carbocycles. The number of fused-ring (bicyclic) bond motifs is 1. The zero-order valence-corrected chi connectivity index (χ0v) is 6.89. The van der Waals surface area contributed by atoms with Gasteiger partial charge in [0.25, 0.3) is 5.92 Å². The minimum atomic E-state index is -2.35. The van der Waals surface area contributed by atoms with E-state index >= 15 is 0 Å². The second-order valence-electron chi connectivity index (χ2n) is 4.50. The van der Waals surface area contributed by atoms with E-state index in [0.717, 1.165) is 18.4 Å². The van der Waals surface area contributed by atoms with Crippen molar-refractivity contribution in [1.82, 2.24) is 0 Å². The molecule has 2 heteroatoms. The van der Waals surface area contributed by atoms with Gasteiger partial charge in [-0.15, -0.1) is 0 Å². The first-order valence-corrected chi connectivity index (χ1v) is 4.69. The Labute approximate surface area is 70.6 Å². The van der Waals surface area contributed by atoms with Crippen LogP contribution >= 0.6 is 0 Å². The fourth-order valence-corrected chi connectivity index (χ4v) is 3.52. The largest absolute Gasteiger partial charge is 0.254 e. The molecule has 0 amide bonds. The second kappa shape index (κ2) is 1.75. The average molecular weight is 170 g/mol. The van der Waals surface area contributed by atoms with Crippen LogP contribution in [0.2, 0.25) is 0 Å². The van der Waals surface area contributed by atoms with Gasteiger partial charge in [0.05, 0.1) is 0 Å². The van der Waals surface area contributed by atoms with Gasteiger partial charge in [0.2, 0.25) is 0 Å². The van der Waals surface area contributed by atoms with Gasteiger partial charge in [0.15, 0.2) is 0 Å². The van der Waals surface area contributed by atoms with E-state index in [1.54, 1.807) is 0 Å². The molecule has 0 aromatic carbocycles. The van der Waals surface area contributed by atoms with Crippen LogP contribution in [0.4, 0.5) is 8.78 Å². The molecule has 0 unspecified atom stereocenters. The minimum absolute atomic E-state index is 0.170. The van der Waals surface area contributed by atoms with Crippen molar-refractivity contribution in [2.75, 3.05) is 0 Å². The Kier molecular flexibility index (Phi) is 1.03. The van der Waals surface area contributed by atoms with Crippen molar-refractivity contribution in [3.63, 3.8) is 0 Å². The molecule has 0 radical (unpaired) electrons. The number of hydrogen-bond acceptors (Lipinski definition) is 0. The third kappa shape index (κ3) is 0.530. The summed E-state index contributed by atoms with van der Waals surface area (Å²) < 4.78 is 26.9. The standard InChI is InChI=1S/C10H12F2/c1-5-7-3-2-6-4-8(5)9(7)10(6,11)12/h6-9H,1-4H2/t6-,7+,8-,9+/m1/s1. The molecular weight excluding hydrogens is 158 g/mol. The van der Waals surface area contributed by atoms with E-state index in [-0.39, 0.29) is 23.7 Å². The van der Waals surface area contributed by atoms with Crippen molar-refractivity contribution in [3.05, 3.63) is 12.2 Å². The number of rotatable bonds is 0. The van der Waals surface area contributed by atoms with Gasteiger partial charge in [0, 0.05) is 11.8 Å². The predicted molar refractivity (Wildman–Crippen MR) is 41.9 cm³/mol. The molecule has 0 aliphatic heterocycles. The lowest BCUT2D eigenvalue weighted by molar-refractivity contribution is -0.134. The molecule has 0 aromatic rings. The van der Waals surface area contributed by atoms with Crippen molar-refractivity contribution in [2.24, 2.45) is 23.7 Å².